The summed E-state index contributed by atoms with van der Waals surface area (Å²) in [6.07, 6.45) is 3.06. The van der Waals surface area contributed by atoms with Gasteiger partial charge in [-0.05, 0) is 30.1 Å². The van der Waals surface area contributed by atoms with E-state index in [0.29, 0.717) is 17.7 Å². The first-order valence-electron chi connectivity index (χ1n) is 10.7. The van der Waals surface area contributed by atoms with Crippen molar-refractivity contribution in [2.75, 3.05) is 18.6 Å². The Morgan fingerprint density at radius 2 is 1.77 bits per heavy atom. The standard InChI is InChI=1S/C22H29N5O7S/c1-35-7-6-14(23)20(31)25-11-18(28)26-16(9-19(29)30)21(32)27-17(22(33)34)8-12-10-24-15-5-3-2-4-13(12)15/h2-5,10,14,16-17,24H,6-9,11,23H2,1H3,(H,25,31)(H,26,28)(H,27,32)(H,29,30)(H,33,34). The molecule has 3 amide bonds. The average molecular weight is 508 g/mol. The number of rotatable bonds is 14. The molecule has 3 unspecified atom stereocenters. The Balaban J connectivity index is 2.01. The first kappa shape index (κ1) is 27.7. The summed E-state index contributed by atoms with van der Waals surface area (Å²) >= 11 is 1.51. The molecular formula is C22H29N5O7S. The minimum atomic E-state index is -1.55. The van der Waals surface area contributed by atoms with Crippen molar-refractivity contribution in [1.29, 1.82) is 0 Å². The Labute approximate surface area is 205 Å². The molecule has 0 saturated heterocycles. The molecule has 190 valence electrons. The number of benzene rings is 1. The zero-order valence-electron chi connectivity index (χ0n) is 19.1. The maximum Gasteiger partial charge on any atom is 0.326 e. The predicted octanol–water partition coefficient (Wildman–Crippen LogP) is -0.564. The molecule has 0 bridgehead atoms. The van der Waals surface area contributed by atoms with Gasteiger partial charge in [-0.1, -0.05) is 18.2 Å². The maximum absolute atomic E-state index is 12.7. The third kappa shape index (κ3) is 8.61. The van der Waals surface area contributed by atoms with Gasteiger partial charge in [0.15, 0.2) is 0 Å². The number of para-hydroxylation sites is 1. The zero-order valence-corrected chi connectivity index (χ0v) is 19.9. The van der Waals surface area contributed by atoms with Gasteiger partial charge in [-0.15, -0.1) is 0 Å². The average Bonchev–Trinajstić information content (AvgIpc) is 3.22. The molecule has 13 heteroatoms. The SMILES string of the molecule is CSCCC(N)C(=O)NCC(=O)NC(CC(=O)O)C(=O)NC(Cc1c[nH]c2ccccc12)C(=O)O. The van der Waals surface area contributed by atoms with Crippen LogP contribution in [0.15, 0.2) is 30.5 Å². The molecule has 2 rings (SSSR count). The van der Waals surface area contributed by atoms with E-state index in [0.717, 1.165) is 10.9 Å². The third-order valence-electron chi connectivity index (χ3n) is 5.14. The van der Waals surface area contributed by atoms with Crippen LogP contribution in [0.25, 0.3) is 10.9 Å². The number of nitrogens with two attached hydrogens (primary N) is 1. The highest BCUT2D eigenvalue weighted by Gasteiger charge is 2.29. The number of H-pyrrole nitrogens is 1. The first-order valence-corrected chi connectivity index (χ1v) is 12.1. The van der Waals surface area contributed by atoms with Crippen LogP contribution >= 0.6 is 11.8 Å². The molecule has 0 fully saturated rings. The summed E-state index contributed by atoms with van der Waals surface area (Å²) in [6.45, 7) is -0.521. The fraction of sp³-hybridized carbons (Fsp3) is 0.409. The first-order chi connectivity index (χ1) is 16.6. The van der Waals surface area contributed by atoms with Gasteiger partial charge in [-0.3, -0.25) is 19.2 Å². The molecule has 0 aliphatic carbocycles. The number of hydrogen-bond acceptors (Lipinski definition) is 7. The van der Waals surface area contributed by atoms with E-state index in [1.807, 2.05) is 18.4 Å². The highest BCUT2D eigenvalue weighted by Crippen LogP contribution is 2.19. The van der Waals surface area contributed by atoms with Crippen molar-refractivity contribution in [3.63, 3.8) is 0 Å². The summed E-state index contributed by atoms with van der Waals surface area (Å²) in [6, 6.07) is 3.50. The highest BCUT2D eigenvalue weighted by atomic mass is 32.2. The van der Waals surface area contributed by atoms with E-state index in [1.54, 1.807) is 18.3 Å². The Morgan fingerprint density at radius 1 is 1.06 bits per heavy atom. The Kier molecular flexibility index (Phi) is 10.5. The Bertz CT molecular complexity index is 1070. The van der Waals surface area contributed by atoms with Gasteiger partial charge in [0.1, 0.15) is 12.1 Å². The lowest BCUT2D eigenvalue weighted by Crippen LogP contribution is -2.54. The van der Waals surface area contributed by atoms with Crippen molar-refractivity contribution in [3.8, 4) is 0 Å². The molecule has 0 spiro atoms. The lowest BCUT2D eigenvalue weighted by Gasteiger charge is -2.21. The van der Waals surface area contributed by atoms with Crippen LogP contribution in [0, 0.1) is 0 Å². The van der Waals surface area contributed by atoms with Gasteiger partial charge in [-0.25, -0.2) is 4.79 Å². The molecule has 0 saturated carbocycles. The van der Waals surface area contributed by atoms with Gasteiger partial charge in [0.25, 0.3) is 0 Å². The zero-order chi connectivity index (χ0) is 26.0. The predicted molar refractivity (Wildman–Crippen MR) is 130 cm³/mol. The molecule has 0 radical (unpaired) electrons. The molecule has 12 nitrogen and oxygen atoms in total. The van der Waals surface area contributed by atoms with Crippen molar-refractivity contribution in [1.82, 2.24) is 20.9 Å². The van der Waals surface area contributed by atoms with E-state index < -0.39 is 60.8 Å². The van der Waals surface area contributed by atoms with Crippen LogP contribution in [0.3, 0.4) is 0 Å². The molecular weight excluding hydrogens is 478 g/mol. The number of carboxylic acid groups (broad SMARTS) is 2. The molecule has 8 N–H and O–H groups in total. The van der Waals surface area contributed by atoms with E-state index in [9.17, 15) is 29.1 Å². The summed E-state index contributed by atoms with van der Waals surface area (Å²) in [5.74, 6) is -4.40. The largest absolute Gasteiger partial charge is 0.481 e. The Hall–Kier alpha value is -3.58. The number of amides is 3. The topological polar surface area (TPSA) is 204 Å². The summed E-state index contributed by atoms with van der Waals surface area (Å²) in [7, 11) is 0. The maximum atomic E-state index is 12.7. The number of nitrogens with one attached hydrogen (secondary N) is 4. The normalized spacial score (nSPS) is 13.4. The molecule has 35 heavy (non-hydrogen) atoms. The van der Waals surface area contributed by atoms with Crippen molar-refractivity contribution in [3.05, 3.63) is 36.0 Å². The second-order valence-corrected chi connectivity index (χ2v) is 8.77. The van der Waals surface area contributed by atoms with Gasteiger partial charge in [0.05, 0.1) is 19.0 Å². The van der Waals surface area contributed by atoms with E-state index >= 15 is 0 Å². The molecule has 0 aliphatic rings. The van der Waals surface area contributed by atoms with Crippen molar-refractivity contribution < 1.29 is 34.2 Å². The number of aromatic nitrogens is 1. The van der Waals surface area contributed by atoms with Crippen LogP contribution in [0.5, 0.6) is 0 Å². The molecule has 1 aromatic heterocycles. The number of fused-ring (bicyclic) bond motifs is 1. The van der Waals surface area contributed by atoms with Crippen LogP contribution < -0.4 is 21.7 Å². The number of carbonyl (C=O) groups is 5. The molecule has 0 aliphatic heterocycles. The number of hydrogen-bond donors (Lipinski definition) is 7. The molecule has 1 heterocycles. The van der Waals surface area contributed by atoms with Gasteiger partial charge in [0.2, 0.25) is 17.7 Å². The van der Waals surface area contributed by atoms with Crippen LogP contribution in [0.1, 0.15) is 18.4 Å². The van der Waals surface area contributed by atoms with Crippen molar-refractivity contribution >= 4 is 52.3 Å². The van der Waals surface area contributed by atoms with E-state index in [-0.39, 0.29) is 6.42 Å². The highest BCUT2D eigenvalue weighted by molar-refractivity contribution is 7.98. The quantitative estimate of drug-likeness (QED) is 0.175. The second-order valence-electron chi connectivity index (χ2n) is 7.79. The van der Waals surface area contributed by atoms with Gasteiger partial charge in [0, 0.05) is 23.5 Å². The smallest absolute Gasteiger partial charge is 0.326 e. The van der Waals surface area contributed by atoms with Gasteiger partial charge < -0.3 is 36.9 Å². The van der Waals surface area contributed by atoms with E-state index in [2.05, 4.69) is 20.9 Å². The fourth-order valence-corrected chi connectivity index (χ4v) is 3.79. The summed E-state index contributed by atoms with van der Waals surface area (Å²) in [4.78, 5) is 62.9. The van der Waals surface area contributed by atoms with E-state index in [4.69, 9.17) is 10.8 Å². The monoisotopic (exact) mass is 507 g/mol. The van der Waals surface area contributed by atoms with Gasteiger partial charge >= 0.3 is 11.9 Å². The Morgan fingerprint density at radius 3 is 2.43 bits per heavy atom. The summed E-state index contributed by atoms with van der Waals surface area (Å²) < 4.78 is 0. The molecule has 1 aromatic carbocycles. The van der Waals surface area contributed by atoms with Crippen LogP contribution in [0.2, 0.25) is 0 Å². The number of carboxylic acids is 2. The fourth-order valence-electron chi connectivity index (χ4n) is 3.30. The molecule has 3 atom stereocenters. The number of carbonyl (C=O) groups excluding carboxylic acids is 3. The van der Waals surface area contributed by atoms with Crippen molar-refractivity contribution in [2.45, 2.75) is 37.4 Å². The van der Waals surface area contributed by atoms with Crippen LogP contribution in [-0.4, -0.2) is 81.5 Å². The molecule has 2 aromatic rings. The summed E-state index contributed by atoms with van der Waals surface area (Å²) in [5, 5.41) is 26.4. The van der Waals surface area contributed by atoms with E-state index in [1.165, 1.54) is 11.8 Å². The minimum Gasteiger partial charge on any atom is -0.481 e. The van der Waals surface area contributed by atoms with Gasteiger partial charge in [-0.2, -0.15) is 11.8 Å². The second kappa shape index (κ2) is 13.3. The lowest BCUT2D eigenvalue weighted by atomic mass is 10.0. The van der Waals surface area contributed by atoms with Crippen LogP contribution in [-0.2, 0) is 30.4 Å². The van der Waals surface area contributed by atoms with Crippen molar-refractivity contribution in [2.24, 2.45) is 5.73 Å². The summed E-state index contributed by atoms with van der Waals surface area (Å²) in [5.41, 5.74) is 7.16. The lowest BCUT2D eigenvalue weighted by molar-refractivity contribution is -0.143. The number of aliphatic carboxylic acids is 2. The third-order valence-corrected chi connectivity index (χ3v) is 5.78. The van der Waals surface area contributed by atoms with Crippen LogP contribution in [0.4, 0.5) is 0 Å². The number of thioether (sulfide) groups is 1. The minimum absolute atomic E-state index is 0.0667. The number of aromatic amines is 1.